The first-order valence-corrected chi connectivity index (χ1v) is 11.2. The fourth-order valence-corrected chi connectivity index (χ4v) is 3.85. The van der Waals surface area contributed by atoms with Gasteiger partial charge in [0, 0.05) is 44.7 Å². The summed E-state index contributed by atoms with van der Waals surface area (Å²) in [4.78, 5) is 15.5. The molecule has 0 amide bonds. The molecule has 1 aliphatic rings. The number of benzene rings is 1. The van der Waals surface area contributed by atoms with Crippen molar-refractivity contribution < 1.29 is 14.2 Å². The summed E-state index contributed by atoms with van der Waals surface area (Å²) in [6.45, 7) is 7.72. The molecular formula is C25H31N5O3. The van der Waals surface area contributed by atoms with Crippen molar-refractivity contribution in [1.29, 1.82) is 0 Å². The fourth-order valence-electron chi connectivity index (χ4n) is 3.85. The summed E-state index contributed by atoms with van der Waals surface area (Å²) in [6, 6.07) is 12.3. The second kappa shape index (κ2) is 11.2. The molecule has 1 aromatic carbocycles. The van der Waals surface area contributed by atoms with Crippen LogP contribution >= 0.6 is 0 Å². The van der Waals surface area contributed by atoms with Crippen LogP contribution < -0.4 is 10.1 Å². The van der Waals surface area contributed by atoms with Crippen LogP contribution in [0.15, 0.2) is 55.0 Å². The third-order valence-electron chi connectivity index (χ3n) is 5.26. The first kappa shape index (κ1) is 23.1. The Kier molecular flexibility index (Phi) is 7.83. The van der Waals surface area contributed by atoms with Crippen LogP contribution in [-0.4, -0.2) is 52.8 Å². The number of hydrogen-bond acceptors (Lipinski definition) is 8. The zero-order chi connectivity index (χ0) is 23.0. The lowest BCUT2D eigenvalue weighted by atomic mass is 10.1. The Morgan fingerprint density at radius 1 is 1.18 bits per heavy atom. The minimum atomic E-state index is -0.0932. The van der Waals surface area contributed by atoms with Gasteiger partial charge in [-0.25, -0.2) is 9.97 Å². The Hall–Kier alpha value is -3.07. The van der Waals surface area contributed by atoms with E-state index in [4.69, 9.17) is 19.2 Å². The zero-order valence-corrected chi connectivity index (χ0v) is 19.4. The maximum Gasteiger partial charge on any atom is 0.150 e. The van der Waals surface area contributed by atoms with Gasteiger partial charge in [-0.2, -0.15) is 0 Å². The molecule has 1 saturated heterocycles. The van der Waals surface area contributed by atoms with E-state index in [1.807, 2.05) is 38.1 Å². The van der Waals surface area contributed by atoms with Crippen LogP contribution in [0, 0.1) is 0 Å². The molecule has 0 radical (unpaired) electrons. The molecule has 1 aliphatic heterocycles. The Balaban J connectivity index is 1.43. The molecule has 3 heterocycles. The summed E-state index contributed by atoms with van der Waals surface area (Å²) in [5, 5.41) is 3.19. The molecule has 1 atom stereocenters. The lowest BCUT2D eigenvalue weighted by Gasteiger charge is -2.33. The lowest BCUT2D eigenvalue weighted by molar-refractivity contribution is -0.0349. The van der Waals surface area contributed by atoms with Crippen LogP contribution in [0.5, 0.6) is 5.75 Å². The average molecular weight is 450 g/mol. The first-order chi connectivity index (χ1) is 16.1. The van der Waals surface area contributed by atoms with E-state index in [0.717, 1.165) is 42.5 Å². The topological polar surface area (TPSA) is 81.6 Å². The van der Waals surface area contributed by atoms with Crippen molar-refractivity contribution in [3.8, 4) is 5.75 Å². The first-order valence-electron chi connectivity index (χ1n) is 11.2. The summed E-state index contributed by atoms with van der Waals surface area (Å²) in [5.41, 5.74) is 3.19. The highest BCUT2D eigenvalue weighted by atomic mass is 16.5. The molecule has 174 valence electrons. The smallest absolute Gasteiger partial charge is 0.150 e. The Morgan fingerprint density at radius 3 is 2.88 bits per heavy atom. The van der Waals surface area contributed by atoms with Crippen LogP contribution in [0.1, 0.15) is 36.8 Å². The van der Waals surface area contributed by atoms with Crippen LogP contribution in [-0.2, 0) is 22.6 Å². The van der Waals surface area contributed by atoms with Crippen molar-refractivity contribution in [2.45, 2.75) is 39.2 Å². The van der Waals surface area contributed by atoms with Crippen molar-refractivity contribution in [1.82, 2.24) is 19.9 Å². The normalized spacial score (nSPS) is 16.7. The largest absolute Gasteiger partial charge is 0.491 e. The van der Waals surface area contributed by atoms with Crippen molar-refractivity contribution in [3.05, 3.63) is 71.8 Å². The van der Waals surface area contributed by atoms with Crippen LogP contribution in [0.2, 0.25) is 0 Å². The molecule has 0 spiro atoms. The van der Waals surface area contributed by atoms with E-state index >= 15 is 0 Å². The third-order valence-corrected chi connectivity index (χ3v) is 5.26. The van der Waals surface area contributed by atoms with Gasteiger partial charge in [0.05, 0.1) is 31.2 Å². The predicted octanol–water partition coefficient (Wildman–Crippen LogP) is 4.12. The van der Waals surface area contributed by atoms with Crippen LogP contribution in [0.4, 0.5) is 11.6 Å². The number of ether oxygens (including phenoxy) is 3. The van der Waals surface area contributed by atoms with Crippen LogP contribution in [0.3, 0.4) is 0 Å². The van der Waals surface area contributed by atoms with Gasteiger partial charge in [-0.05, 0) is 43.7 Å². The number of hydrogen-bond donors (Lipinski definition) is 1. The van der Waals surface area contributed by atoms with Gasteiger partial charge in [0.15, 0.2) is 0 Å². The Bertz CT molecular complexity index is 1030. The summed E-state index contributed by atoms with van der Waals surface area (Å²) < 4.78 is 17.4. The van der Waals surface area contributed by atoms with E-state index in [0.29, 0.717) is 19.0 Å². The van der Waals surface area contributed by atoms with Gasteiger partial charge in [0.25, 0.3) is 0 Å². The zero-order valence-electron chi connectivity index (χ0n) is 19.4. The van der Waals surface area contributed by atoms with E-state index in [2.05, 4.69) is 32.3 Å². The highest BCUT2D eigenvalue weighted by Crippen LogP contribution is 2.26. The maximum absolute atomic E-state index is 6.06. The lowest BCUT2D eigenvalue weighted by Crippen LogP contribution is -2.38. The number of rotatable bonds is 9. The number of aromatic nitrogens is 3. The highest BCUT2D eigenvalue weighted by Gasteiger charge is 2.23. The SMILES string of the molecule is COCc1cc(CN2CCOC(c3cccc(Nc4cnccn4)n3)C2)ccc1OC(C)C. The van der Waals surface area contributed by atoms with Gasteiger partial charge in [-0.15, -0.1) is 0 Å². The molecular weight excluding hydrogens is 418 g/mol. The minimum absolute atomic E-state index is 0.0932. The Labute approximate surface area is 194 Å². The standard InChI is InChI=1S/C25H31N5O3/c1-18(2)33-22-8-7-19(13-20(22)17-31-3)15-30-11-12-32-23(16-30)21-5-4-6-24(28-21)29-25-14-26-9-10-27-25/h4-10,13-14,18,23H,11-12,15-17H2,1-3H3,(H,27,28,29). The molecule has 1 N–H and O–H groups in total. The number of nitrogens with zero attached hydrogens (tertiary/aromatic N) is 4. The number of pyridine rings is 1. The molecule has 1 fully saturated rings. The molecule has 33 heavy (non-hydrogen) atoms. The van der Waals surface area contributed by atoms with Crippen molar-refractivity contribution >= 4 is 11.6 Å². The highest BCUT2D eigenvalue weighted by molar-refractivity contribution is 5.50. The number of methoxy groups -OCH3 is 1. The second-order valence-electron chi connectivity index (χ2n) is 8.30. The Morgan fingerprint density at radius 2 is 2.09 bits per heavy atom. The van der Waals surface area contributed by atoms with E-state index in [1.165, 1.54) is 5.56 Å². The third kappa shape index (κ3) is 6.47. The molecule has 2 aromatic heterocycles. The van der Waals surface area contributed by atoms with Gasteiger partial charge >= 0.3 is 0 Å². The number of anilines is 2. The van der Waals surface area contributed by atoms with Gasteiger partial charge in [-0.1, -0.05) is 12.1 Å². The molecule has 4 rings (SSSR count). The van der Waals surface area contributed by atoms with Gasteiger partial charge in [0.1, 0.15) is 23.5 Å². The van der Waals surface area contributed by atoms with Crippen LogP contribution in [0.25, 0.3) is 0 Å². The molecule has 0 bridgehead atoms. The minimum Gasteiger partial charge on any atom is -0.491 e. The van der Waals surface area contributed by atoms with E-state index in [9.17, 15) is 0 Å². The molecule has 8 nitrogen and oxygen atoms in total. The van der Waals surface area contributed by atoms with E-state index in [1.54, 1.807) is 25.7 Å². The number of morpholine rings is 1. The summed E-state index contributed by atoms with van der Waals surface area (Å²) >= 11 is 0. The molecule has 8 heteroatoms. The fraction of sp³-hybridized carbons (Fsp3) is 0.400. The quantitative estimate of drug-likeness (QED) is 0.522. The monoisotopic (exact) mass is 449 g/mol. The van der Waals surface area contributed by atoms with E-state index < -0.39 is 0 Å². The molecule has 1 unspecified atom stereocenters. The second-order valence-corrected chi connectivity index (χ2v) is 8.30. The average Bonchev–Trinajstić information content (AvgIpc) is 2.82. The molecule has 0 saturated carbocycles. The molecule has 3 aromatic rings. The van der Waals surface area contributed by atoms with Crippen molar-refractivity contribution in [2.75, 3.05) is 32.1 Å². The van der Waals surface area contributed by atoms with E-state index in [-0.39, 0.29) is 12.2 Å². The maximum atomic E-state index is 6.06. The van der Waals surface area contributed by atoms with Gasteiger partial charge < -0.3 is 19.5 Å². The van der Waals surface area contributed by atoms with Crippen molar-refractivity contribution in [2.24, 2.45) is 0 Å². The number of nitrogens with one attached hydrogen (secondary N) is 1. The predicted molar refractivity (Wildman–Crippen MR) is 126 cm³/mol. The van der Waals surface area contributed by atoms with Gasteiger partial charge in [-0.3, -0.25) is 9.88 Å². The summed E-state index contributed by atoms with van der Waals surface area (Å²) in [7, 11) is 1.71. The van der Waals surface area contributed by atoms with Gasteiger partial charge in [0.2, 0.25) is 0 Å². The summed E-state index contributed by atoms with van der Waals surface area (Å²) in [5.74, 6) is 2.26. The molecule has 0 aliphatic carbocycles. The van der Waals surface area contributed by atoms with Crippen molar-refractivity contribution in [3.63, 3.8) is 0 Å². The summed E-state index contributed by atoms with van der Waals surface area (Å²) in [6.07, 6.45) is 4.99.